The predicted molar refractivity (Wildman–Crippen MR) is 82.3 cm³/mol. The van der Waals surface area contributed by atoms with Crippen molar-refractivity contribution in [2.24, 2.45) is 17.8 Å². The molecule has 0 spiro atoms. The minimum atomic E-state index is 0.350. The molecular formula is C16H23BrO2. The van der Waals surface area contributed by atoms with Gasteiger partial charge in [0.15, 0.2) is 11.5 Å². The van der Waals surface area contributed by atoms with Crippen molar-refractivity contribution < 1.29 is 9.47 Å². The zero-order valence-corrected chi connectivity index (χ0v) is 13.7. The van der Waals surface area contributed by atoms with Crippen molar-refractivity contribution in [3.8, 4) is 11.5 Å². The van der Waals surface area contributed by atoms with Crippen molar-refractivity contribution in [3.63, 3.8) is 0 Å². The minimum Gasteiger partial charge on any atom is -0.486 e. The first kappa shape index (κ1) is 14.7. The fourth-order valence-corrected chi connectivity index (χ4v) is 4.41. The summed E-state index contributed by atoms with van der Waals surface area (Å²) in [5, 5.41) is 0. The normalized spacial score (nSPS) is 16.2. The van der Waals surface area contributed by atoms with Crippen LogP contribution in [0, 0.1) is 17.8 Å². The van der Waals surface area contributed by atoms with Gasteiger partial charge in [-0.2, -0.15) is 0 Å². The van der Waals surface area contributed by atoms with E-state index in [9.17, 15) is 0 Å². The molecule has 0 aromatic heterocycles. The van der Waals surface area contributed by atoms with Gasteiger partial charge in [-0.15, -0.1) is 0 Å². The second-order valence-corrected chi connectivity index (χ2v) is 6.86. The van der Waals surface area contributed by atoms with Crippen LogP contribution in [0.25, 0.3) is 0 Å². The highest BCUT2D eigenvalue weighted by atomic mass is 79.9. The zero-order valence-electron chi connectivity index (χ0n) is 12.2. The van der Waals surface area contributed by atoms with Crippen molar-refractivity contribution in [2.45, 2.75) is 32.5 Å². The molecule has 0 saturated heterocycles. The van der Waals surface area contributed by atoms with Gasteiger partial charge in [0, 0.05) is 4.83 Å². The van der Waals surface area contributed by atoms with Crippen LogP contribution in [0.4, 0.5) is 0 Å². The monoisotopic (exact) mass is 326 g/mol. The lowest BCUT2D eigenvalue weighted by Crippen LogP contribution is -2.21. The Balaban J connectivity index is 2.25. The second kappa shape index (κ2) is 6.17. The summed E-state index contributed by atoms with van der Waals surface area (Å²) in [4.78, 5) is 0.350. The van der Waals surface area contributed by atoms with Crippen LogP contribution in [0.2, 0.25) is 0 Å². The molecule has 0 bridgehead atoms. The molecule has 0 fully saturated rings. The van der Waals surface area contributed by atoms with Crippen LogP contribution in [-0.2, 0) is 0 Å². The van der Waals surface area contributed by atoms with Gasteiger partial charge >= 0.3 is 0 Å². The van der Waals surface area contributed by atoms with Gasteiger partial charge < -0.3 is 9.47 Å². The second-order valence-electron chi connectivity index (χ2n) is 5.87. The van der Waals surface area contributed by atoms with E-state index in [0.717, 1.165) is 11.5 Å². The summed E-state index contributed by atoms with van der Waals surface area (Å²) in [6, 6.07) is 6.28. The number of ether oxygens (including phenoxy) is 2. The number of halogens is 1. The van der Waals surface area contributed by atoms with Crippen molar-refractivity contribution in [1.29, 1.82) is 0 Å². The van der Waals surface area contributed by atoms with E-state index in [4.69, 9.17) is 9.47 Å². The number of hydrogen-bond acceptors (Lipinski definition) is 2. The van der Waals surface area contributed by atoms with E-state index in [1.807, 2.05) is 6.07 Å². The molecule has 1 aromatic carbocycles. The van der Waals surface area contributed by atoms with Gasteiger partial charge in [-0.1, -0.05) is 49.7 Å². The van der Waals surface area contributed by atoms with Crippen LogP contribution in [0.15, 0.2) is 18.2 Å². The lowest BCUT2D eigenvalue weighted by Gasteiger charge is -2.30. The maximum absolute atomic E-state index is 5.67. The highest BCUT2D eigenvalue weighted by Gasteiger charge is 2.27. The van der Waals surface area contributed by atoms with Crippen molar-refractivity contribution >= 4 is 15.9 Å². The summed E-state index contributed by atoms with van der Waals surface area (Å²) in [5.74, 6) is 3.61. The topological polar surface area (TPSA) is 18.5 Å². The van der Waals surface area contributed by atoms with Crippen LogP contribution in [0.5, 0.6) is 11.5 Å². The Bertz CT molecular complexity index is 421. The third-order valence-corrected chi connectivity index (χ3v) is 4.90. The number of fused-ring (bicyclic) bond motifs is 1. The van der Waals surface area contributed by atoms with Gasteiger partial charge in [-0.05, 0) is 35.4 Å². The maximum Gasteiger partial charge on any atom is 0.161 e. The van der Waals surface area contributed by atoms with Crippen molar-refractivity contribution in [2.75, 3.05) is 13.2 Å². The highest BCUT2D eigenvalue weighted by Crippen LogP contribution is 2.42. The summed E-state index contributed by atoms with van der Waals surface area (Å²) in [7, 11) is 0. The molecule has 1 aliphatic rings. The summed E-state index contributed by atoms with van der Waals surface area (Å²) in [6.45, 7) is 10.4. The Morgan fingerprint density at radius 3 is 2.11 bits per heavy atom. The van der Waals surface area contributed by atoms with Crippen LogP contribution in [0.3, 0.4) is 0 Å². The molecule has 0 N–H and O–H groups in total. The summed E-state index contributed by atoms with van der Waals surface area (Å²) >= 11 is 3.89. The lowest BCUT2D eigenvalue weighted by atomic mass is 9.81. The molecule has 3 heteroatoms. The molecule has 1 aliphatic heterocycles. The Labute approximate surface area is 124 Å². The van der Waals surface area contributed by atoms with Crippen molar-refractivity contribution in [1.82, 2.24) is 0 Å². The summed E-state index contributed by atoms with van der Waals surface area (Å²) < 4.78 is 11.2. The quantitative estimate of drug-likeness (QED) is 0.738. The van der Waals surface area contributed by atoms with Crippen LogP contribution < -0.4 is 9.47 Å². The third-order valence-electron chi connectivity index (χ3n) is 3.76. The first-order chi connectivity index (χ1) is 9.00. The van der Waals surface area contributed by atoms with E-state index in [2.05, 4.69) is 55.8 Å². The van der Waals surface area contributed by atoms with Crippen LogP contribution in [0.1, 0.15) is 38.1 Å². The molecule has 0 aliphatic carbocycles. The number of hydrogen-bond donors (Lipinski definition) is 0. The Morgan fingerprint density at radius 1 is 0.947 bits per heavy atom. The fourth-order valence-electron chi connectivity index (χ4n) is 2.90. The van der Waals surface area contributed by atoms with E-state index < -0.39 is 0 Å². The number of benzene rings is 1. The fraction of sp³-hybridized carbons (Fsp3) is 0.625. The van der Waals surface area contributed by atoms with E-state index in [-0.39, 0.29) is 0 Å². The maximum atomic E-state index is 5.67. The third kappa shape index (κ3) is 3.25. The van der Waals surface area contributed by atoms with Gasteiger partial charge in [0.25, 0.3) is 0 Å². The van der Waals surface area contributed by atoms with Crippen LogP contribution in [-0.4, -0.2) is 13.2 Å². The number of rotatable bonds is 4. The molecule has 2 nitrogen and oxygen atoms in total. The first-order valence-corrected chi connectivity index (χ1v) is 7.96. The van der Waals surface area contributed by atoms with Gasteiger partial charge in [-0.25, -0.2) is 0 Å². The first-order valence-electron chi connectivity index (χ1n) is 7.04. The molecule has 0 saturated carbocycles. The average Bonchev–Trinajstić information content (AvgIpc) is 2.37. The van der Waals surface area contributed by atoms with E-state index in [1.165, 1.54) is 5.56 Å². The molecule has 1 unspecified atom stereocenters. The SMILES string of the molecule is CC(C)C(C(C)C)C(Br)c1ccc2c(c1)OCCO2. The van der Waals surface area contributed by atoms with E-state index in [0.29, 0.717) is 35.8 Å². The molecule has 0 amide bonds. The zero-order chi connectivity index (χ0) is 14.0. The summed E-state index contributed by atoms with van der Waals surface area (Å²) in [5.41, 5.74) is 1.27. The molecule has 2 rings (SSSR count). The number of alkyl halides is 1. The van der Waals surface area contributed by atoms with Gasteiger partial charge in [0.2, 0.25) is 0 Å². The Hall–Kier alpha value is -0.700. The van der Waals surface area contributed by atoms with Crippen LogP contribution >= 0.6 is 15.9 Å². The molecule has 1 heterocycles. The van der Waals surface area contributed by atoms with Gasteiger partial charge in [0.05, 0.1) is 0 Å². The molecule has 19 heavy (non-hydrogen) atoms. The predicted octanol–water partition coefficient (Wildman–Crippen LogP) is 4.82. The smallest absolute Gasteiger partial charge is 0.161 e. The van der Waals surface area contributed by atoms with Gasteiger partial charge in [-0.3, -0.25) is 0 Å². The molecular weight excluding hydrogens is 304 g/mol. The Kier molecular flexibility index (Phi) is 4.77. The molecule has 0 radical (unpaired) electrons. The van der Waals surface area contributed by atoms with E-state index >= 15 is 0 Å². The van der Waals surface area contributed by atoms with Crippen molar-refractivity contribution in [3.05, 3.63) is 23.8 Å². The highest BCUT2D eigenvalue weighted by molar-refractivity contribution is 9.09. The standard InChI is InChI=1S/C16H23BrO2/c1-10(2)15(11(3)4)16(17)12-5-6-13-14(9-12)19-8-7-18-13/h5-6,9-11,15-16H,7-8H2,1-4H3. The minimum absolute atomic E-state index is 0.350. The molecule has 1 atom stereocenters. The van der Waals surface area contributed by atoms with Gasteiger partial charge in [0.1, 0.15) is 13.2 Å². The average molecular weight is 327 g/mol. The largest absolute Gasteiger partial charge is 0.486 e. The van der Waals surface area contributed by atoms with E-state index in [1.54, 1.807) is 0 Å². The summed E-state index contributed by atoms with van der Waals surface area (Å²) in [6.07, 6.45) is 0. The molecule has 1 aromatic rings. The molecule has 106 valence electrons. The Morgan fingerprint density at radius 2 is 1.53 bits per heavy atom. The lowest BCUT2D eigenvalue weighted by molar-refractivity contribution is 0.171.